The van der Waals surface area contributed by atoms with Gasteiger partial charge in [0, 0.05) is 43.5 Å². The molecule has 0 atom stereocenters. The van der Waals surface area contributed by atoms with Gasteiger partial charge in [0.2, 0.25) is 0 Å². The van der Waals surface area contributed by atoms with E-state index in [-0.39, 0.29) is 12.1 Å². The molecule has 1 fully saturated rings. The molecule has 1 aliphatic rings. The molecule has 4 rings (SSSR count). The number of hydrogen-bond donors (Lipinski definition) is 2. The van der Waals surface area contributed by atoms with Crippen LogP contribution in [0, 0.1) is 0 Å². The summed E-state index contributed by atoms with van der Waals surface area (Å²) in [4.78, 5) is 30.5. The van der Waals surface area contributed by atoms with E-state index in [0.29, 0.717) is 23.9 Å². The molecule has 3 amide bonds. The van der Waals surface area contributed by atoms with E-state index >= 15 is 0 Å². The van der Waals surface area contributed by atoms with Crippen LogP contribution >= 0.6 is 0 Å². The zero-order valence-electron chi connectivity index (χ0n) is 16.9. The van der Waals surface area contributed by atoms with Gasteiger partial charge in [0.05, 0.1) is 5.52 Å². The summed E-state index contributed by atoms with van der Waals surface area (Å²) in [6, 6.07) is 10.5. The van der Waals surface area contributed by atoms with Gasteiger partial charge >= 0.3 is 12.1 Å². The number of carbonyl (C=O) groups is 2. The summed E-state index contributed by atoms with van der Waals surface area (Å²) in [5, 5.41) is 6.53. The van der Waals surface area contributed by atoms with E-state index in [1.165, 1.54) is 6.42 Å². The molecule has 156 valence electrons. The van der Waals surface area contributed by atoms with Crippen LogP contribution in [0.25, 0.3) is 10.9 Å². The fourth-order valence-electron chi connectivity index (χ4n) is 3.56. The minimum atomic E-state index is -0.163. The normalized spacial score (nSPS) is 13.8. The van der Waals surface area contributed by atoms with Crippen LogP contribution in [-0.4, -0.2) is 46.1 Å². The van der Waals surface area contributed by atoms with Crippen LogP contribution < -0.4 is 15.4 Å². The summed E-state index contributed by atoms with van der Waals surface area (Å²) in [6.07, 6.45) is 6.58. The van der Waals surface area contributed by atoms with Crippen molar-refractivity contribution in [2.45, 2.75) is 26.2 Å². The number of rotatable bonds is 4. The number of anilines is 1. The maximum atomic E-state index is 12.4. The van der Waals surface area contributed by atoms with Gasteiger partial charge in [-0.3, -0.25) is 9.88 Å². The standard InChI is InChI=1S/C22H25N5O3/c1-2-23-21(28)27-13-9-16-14-17(6-7-19(16)27)30-18-8-10-24-20(15-18)25-22(29)26-11-4-3-5-12-26/h6-10,13-15H,2-5,11-12H2,1H3,(H,23,28)(H,24,25,29). The van der Waals surface area contributed by atoms with Gasteiger partial charge < -0.3 is 15.0 Å². The van der Waals surface area contributed by atoms with Gasteiger partial charge in [-0.2, -0.15) is 0 Å². The van der Waals surface area contributed by atoms with E-state index in [1.807, 2.05) is 36.1 Å². The predicted molar refractivity (Wildman–Crippen MR) is 115 cm³/mol. The van der Waals surface area contributed by atoms with Gasteiger partial charge in [-0.15, -0.1) is 0 Å². The van der Waals surface area contributed by atoms with Crippen molar-refractivity contribution in [1.82, 2.24) is 19.8 Å². The fraction of sp³-hybridized carbons (Fsp3) is 0.318. The quantitative estimate of drug-likeness (QED) is 0.670. The Morgan fingerprint density at radius 2 is 1.83 bits per heavy atom. The number of amides is 3. The Hall–Kier alpha value is -3.55. The highest BCUT2D eigenvalue weighted by atomic mass is 16.5. The number of aromatic nitrogens is 2. The molecule has 1 aromatic carbocycles. The van der Waals surface area contributed by atoms with E-state index < -0.39 is 0 Å². The molecule has 8 nitrogen and oxygen atoms in total. The van der Waals surface area contributed by atoms with Crippen LogP contribution in [0.15, 0.2) is 48.8 Å². The molecule has 0 spiro atoms. The largest absolute Gasteiger partial charge is 0.457 e. The van der Waals surface area contributed by atoms with Gasteiger partial charge in [-0.25, -0.2) is 14.6 Å². The van der Waals surface area contributed by atoms with E-state index in [4.69, 9.17) is 4.74 Å². The van der Waals surface area contributed by atoms with Crippen LogP contribution in [0.4, 0.5) is 15.4 Å². The Balaban J connectivity index is 1.46. The molecule has 1 aliphatic heterocycles. The number of likely N-dealkylation sites (tertiary alicyclic amines) is 1. The number of hydrogen-bond acceptors (Lipinski definition) is 4. The molecule has 3 aromatic rings. The minimum Gasteiger partial charge on any atom is -0.457 e. The smallest absolute Gasteiger partial charge is 0.326 e. The number of ether oxygens (including phenoxy) is 1. The number of pyridine rings is 1. The van der Waals surface area contributed by atoms with E-state index in [1.54, 1.807) is 29.1 Å². The molecule has 8 heteroatoms. The van der Waals surface area contributed by atoms with Crippen LogP contribution in [0.3, 0.4) is 0 Å². The Morgan fingerprint density at radius 1 is 1.03 bits per heavy atom. The van der Waals surface area contributed by atoms with Crippen molar-refractivity contribution in [1.29, 1.82) is 0 Å². The number of nitrogens with one attached hydrogen (secondary N) is 2. The third-order valence-electron chi connectivity index (χ3n) is 5.05. The molecule has 3 heterocycles. The first-order chi connectivity index (χ1) is 14.6. The lowest BCUT2D eigenvalue weighted by Gasteiger charge is -2.26. The Kier molecular flexibility index (Phi) is 5.83. The second-order valence-corrected chi connectivity index (χ2v) is 7.20. The number of carbonyl (C=O) groups excluding carboxylic acids is 2. The van der Waals surface area contributed by atoms with Gasteiger partial charge in [-0.1, -0.05) is 0 Å². The van der Waals surface area contributed by atoms with Crippen molar-refractivity contribution in [3.05, 3.63) is 48.8 Å². The summed E-state index contributed by atoms with van der Waals surface area (Å²) in [7, 11) is 0. The molecule has 1 saturated heterocycles. The Morgan fingerprint density at radius 3 is 2.63 bits per heavy atom. The van der Waals surface area contributed by atoms with Crippen molar-refractivity contribution in [3.8, 4) is 11.5 Å². The molecular formula is C22H25N5O3. The molecular weight excluding hydrogens is 382 g/mol. The highest BCUT2D eigenvalue weighted by Gasteiger charge is 2.17. The van der Waals surface area contributed by atoms with Crippen molar-refractivity contribution in [2.75, 3.05) is 25.0 Å². The molecule has 0 unspecified atom stereocenters. The number of urea groups is 1. The van der Waals surface area contributed by atoms with Crippen LogP contribution in [0.5, 0.6) is 11.5 Å². The fourth-order valence-corrected chi connectivity index (χ4v) is 3.56. The summed E-state index contributed by atoms with van der Waals surface area (Å²) in [5.74, 6) is 1.66. The zero-order chi connectivity index (χ0) is 20.9. The first-order valence-electron chi connectivity index (χ1n) is 10.2. The van der Waals surface area contributed by atoms with E-state index in [9.17, 15) is 9.59 Å². The molecule has 30 heavy (non-hydrogen) atoms. The van der Waals surface area contributed by atoms with Gasteiger partial charge in [0.1, 0.15) is 17.3 Å². The summed E-state index contributed by atoms with van der Waals surface area (Å²) < 4.78 is 7.53. The molecule has 2 aromatic heterocycles. The van der Waals surface area contributed by atoms with Crippen LogP contribution in [-0.2, 0) is 0 Å². The number of piperidine rings is 1. The van der Waals surface area contributed by atoms with Gasteiger partial charge in [0.25, 0.3) is 0 Å². The minimum absolute atomic E-state index is 0.132. The van der Waals surface area contributed by atoms with Crippen LogP contribution in [0.2, 0.25) is 0 Å². The lowest BCUT2D eigenvalue weighted by Crippen LogP contribution is -2.38. The van der Waals surface area contributed by atoms with E-state index in [2.05, 4.69) is 15.6 Å². The monoisotopic (exact) mass is 407 g/mol. The second kappa shape index (κ2) is 8.86. The Bertz CT molecular complexity index is 1060. The van der Waals surface area contributed by atoms with E-state index in [0.717, 1.165) is 36.8 Å². The predicted octanol–water partition coefficient (Wildman–Crippen LogP) is 4.42. The molecule has 0 radical (unpaired) electrons. The van der Waals surface area contributed by atoms with Crippen molar-refractivity contribution < 1.29 is 14.3 Å². The van der Waals surface area contributed by atoms with Crippen molar-refractivity contribution >= 4 is 28.8 Å². The van der Waals surface area contributed by atoms with Gasteiger partial charge in [-0.05, 0) is 56.5 Å². The third-order valence-corrected chi connectivity index (χ3v) is 5.05. The molecule has 0 aliphatic carbocycles. The summed E-state index contributed by atoms with van der Waals surface area (Å²) in [6.45, 7) is 4.00. The zero-order valence-corrected chi connectivity index (χ0v) is 16.9. The highest BCUT2D eigenvalue weighted by Crippen LogP contribution is 2.27. The first kappa shape index (κ1) is 19.8. The number of nitrogens with zero attached hydrogens (tertiary/aromatic N) is 3. The number of fused-ring (bicyclic) bond motifs is 1. The van der Waals surface area contributed by atoms with Crippen molar-refractivity contribution in [2.24, 2.45) is 0 Å². The average Bonchev–Trinajstić information content (AvgIpc) is 3.18. The third kappa shape index (κ3) is 4.37. The SMILES string of the molecule is CCNC(=O)n1ccc2cc(Oc3ccnc(NC(=O)N4CCCCC4)c3)ccc21. The van der Waals surface area contributed by atoms with Crippen molar-refractivity contribution in [3.63, 3.8) is 0 Å². The molecule has 2 N–H and O–H groups in total. The lowest BCUT2D eigenvalue weighted by atomic mass is 10.1. The second-order valence-electron chi connectivity index (χ2n) is 7.20. The van der Waals surface area contributed by atoms with Gasteiger partial charge in [0.15, 0.2) is 0 Å². The van der Waals surface area contributed by atoms with Crippen LogP contribution in [0.1, 0.15) is 26.2 Å². The summed E-state index contributed by atoms with van der Waals surface area (Å²) >= 11 is 0. The Labute approximate surface area is 174 Å². The summed E-state index contributed by atoms with van der Waals surface area (Å²) in [5.41, 5.74) is 0.803. The first-order valence-corrected chi connectivity index (χ1v) is 10.2. The topological polar surface area (TPSA) is 88.5 Å². The maximum absolute atomic E-state index is 12.4. The maximum Gasteiger partial charge on any atom is 0.326 e. The lowest BCUT2D eigenvalue weighted by molar-refractivity contribution is 0.200. The average molecular weight is 407 g/mol. The molecule has 0 bridgehead atoms. The molecule has 0 saturated carbocycles. The number of benzene rings is 1. The highest BCUT2D eigenvalue weighted by molar-refractivity contribution is 5.92.